The molecule has 2 aliphatic carbocycles. The van der Waals surface area contributed by atoms with Crippen LogP contribution in [0.15, 0.2) is 23.6 Å². The van der Waals surface area contributed by atoms with Crippen LogP contribution in [0.25, 0.3) is 22.3 Å². The number of anilines is 1. The number of thiazole rings is 1. The first kappa shape index (κ1) is 46.5. The number of likely N-dealkylation sites (tertiary alicyclic amines) is 1. The lowest BCUT2D eigenvalue weighted by Gasteiger charge is -2.35. The summed E-state index contributed by atoms with van der Waals surface area (Å²) in [7, 11) is 0. The third kappa shape index (κ3) is 10.7. The number of pyridine rings is 1. The zero-order chi connectivity index (χ0) is 45.2. The van der Waals surface area contributed by atoms with Gasteiger partial charge in [0.1, 0.15) is 58.7 Å². The van der Waals surface area contributed by atoms with Gasteiger partial charge in [-0.25, -0.2) is 19.6 Å². The Morgan fingerprint density at radius 1 is 1.06 bits per heavy atom. The Morgan fingerprint density at radius 2 is 1.83 bits per heavy atom. The summed E-state index contributed by atoms with van der Waals surface area (Å²) in [5.41, 5.74) is -0.703. The predicted octanol–water partition coefficient (Wildman–Crippen LogP) is 6.59. The van der Waals surface area contributed by atoms with Gasteiger partial charge in [-0.2, -0.15) is 0 Å². The molecule has 4 heterocycles. The monoisotopic (exact) mass is 911 g/mol. The number of amides is 3. The molecule has 0 bridgehead atoms. The summed E-state index contributed by atoms with van der Waals surface area (Å²) in [6.07, 6.45) is 1.66. The number of carboxylic acids is 1. The van der Waals surface area contributed by atoms with Gasteiger partial charge in [0.25, 0.3) is 0 Å². The topological polar surface area (TPSA) is 194 Å². The summed E-state index contributed by atoms with van der Waals surface area (Å²) in [4.78, 5) is 68.5. The minimum atomic E-state index is -1.42. The molecule has 7 atom stereocenters. The van der Waals surface area contributed by atoms with Gasteiger partial charge in [0.05, 0.1) is 31.0 Å². The van der Waals surface area contributed by atoms with Crippen molar-refractivity contribution in [3.8, 4) is 22.9 Å². The van der Waals surface area contributed by atoms with Gasteiger partial charge in [-0.15, -0.1) is 11.3 Å². The van der Waals surface area contributed by atoms with Gasteiger partial charge in [-0.1, -0.05) is 52.6 Å². The Labute approximate surface area is 378 Å². The van der Waals surface area contributed by atoms with Crippen molar-refractivity contribution >= 4 is 62.8 Å². The van der Waals surface area contributed by atoms with E-state index >= 15 is 0 Å². The number of alkyl carbamates (subject to hydrolysis) is 1. The zero-order valence-electron chi connectivity index (χ0n) is 37.3. The number of hydrogen-bond acceptors (Lipinski definition) is 13. The van der Waals surface area contributed by atoms with E-state index in [0.29, 0.717) is 83.9 Å². The molecule has 4 N–H and O–H groups in total. The second kappa shape index (κ2) is 19.3. The van der Waals surface area contributed by atoms with Gasteiger partial charge in [-0.3, -0.25) is 14.5 Å². The molecule has 63 heavy (non-hydrogen) atoms. The number of fused-ring (bicyclic) bond motifs is 1. The number of aliphatic carboxylic acids is 1. The lowest BCUT2D eigenvalue weighted by Crippen LogP contribution is -2.59. The molecule has 2 aromatic heterocycles. The average Bonchev–Trinajstić information content (AvgIpc) is 3.54. The van der Waals surface area contributed by atoms with E-state index in [1.807, 2.05) is 53.0 Å². The van der Waals surface area contributed by atoms with Crippen molar-refractivity contribution in [3.05, 3.63) is 28.6 Å². The molecule has 0 spiro atoms. The summed E-state index contributed by atoms with van der Waals surface area (Å²) >= 11 is 8.55. The summed E-state index contributed by atoms with van der Waals surface area (Å²) in [5.74, 6) is -1.17. The summed E-state index contributed by atoms with van der Waals surface area (Å²) in [6, 6.07) is 3.36. The Bertz CT molecular complexity index is 2160. The first-order chi connectivity index (χ1) is 29.9. The fraction of sp³-hybridized carbons (Fsp3) is 0.644. The molecule has 16 nitrogen and oxygen atoms in total. The van der Waals surface area contributed by atoms with Gasteiger partial charge in [0, 0.05) is 48.9 Å². The second-order valence-electron chi connectivity index (χ2n) is 18.9. The van der Waals surface area contributed by atoms with Crippen LogP contribution < -0.4 is 25.4 Å². The largest absolute Gasteiger partial charge is 0.491 e. The van der Waals surface area contributed by atoms with Crippen LogP contribution in [0, 0.1) is 17.3 Å². The summed E-state index contributed by atoms with van der Waals surface area (Å²) < 4.78 is 24.3. The molecule has 7 rings (SSSR count). The van der Waals surface area contributed by atoms with Crippen LogP contribution in [0.3, 0.4) is 0 Å². The molecule has 3 aromatic rings. The lowest BCUT2D eigenvalue weighted by atomic mass is 9.85. The van der Waals surface area contributed by atoms with E-state index in [2.05, 4.69) is 27.8 Å². The average molecular weight is 913 g/mol. The molecule has 1 unspecified atom stereocenters. The number of carboxylic acid groups (broad SMARTS) is 1. The van der Waals surface area contributed by atoms with E-state index < -0.39 is 53.0 Å². The summed E-state index contributed by atoms with van der Waals surface area (Å²) in [5, 5.41) is 22.7. The van der Waals surface area contributed by atoms with Crippen LogP contribution in [-0.4, -0.2) is 131 Å². The zero-order valence-corrected chi connectivity index (χ0v) is 38.9. The molecule has 18 heteroatoms. The Hall–Kier alpha value is -4.45. The van der Waals surface area contributed by atoms with Gasteiger partial charge in [0.15, 0.2) is 5.13 Å². The van der Waals surface area contributed by atoms with E-state index in [4.69, 9.17) is 40.5 Å². The second-order valence-corrected chi connectivity index (χ2v) is 20.1. The smallest absolute Gasteiger partial charge is 0.408 e. The highest BCUT2D eigenvalue weighted by molar-refractivity contribution is 7.14. The van der Waals surface area contributed by atoms with Crippen molar-refractivity contribution in [1.82, 2.24) is 30.4 Å². The van der Waals surface area contributed by atoms with Crippen molar-refractivity contribution in [1.29, 1.82) is 0 Å². The molecule has 1 aromatic carbocycles. The van der Waals surface area contributed by atoms with Gasteiger partial charge >= 0.3 is 12.1 Å². The van der Waals surface area contributed by atoms with E-state index in [-0.39, 0.29) is 31.0 Å². The van der Waals surface area contributed by atoms with Crippen LogP contribution in [0.5, 0.6) is 11.5 Å². The number of carbonyl (C=O) groups excluding carboxylic acids is 3. The molecular weight excluding hydrogens is 850 g/mol. The molecule has 344 valence electrons. The number of ether oxygens (including phenoxy) is 4. The highest BCUT2D eigenvalue weighted by Crippen LogP contribution is 2.47. The lowest BCUT2D eigenvalue weighted by molar-refractivity contribution is -0.146. The quantitative estimate of drug-likeness (QED) is 0.120. The van der Waals surface area contributed by atoms with Gasteiger partial charge in [0.2, 0.25) is 11.8 Å². The van der Waals surface area contributed by atoms with Crippen LogP contribution in [-0.2, 0) is 23.9 Å². The van der Waals surface area contributed by atoms with Crippen LogP contribution >= 0.6 is 22.9 Å². The maximum Gasteiger partial charge on any atom is 0.408 e. The highest BCUT2D eigenvalue weighted by atomic mass is 35.5. The number of nitrogens with zero attached hydrogens (tertiary/aromatic N) is 4. The fourth-order valence-corrected chi connectivity index (χ4v) is 10.0. The number of benzene rings is 1. The molecule has 3 amide bonds. The SMILES string of the molecule is CC[C@@H]1C[C@]1(NC(=O)C1C[C@@H](Oc2cc(-c3csc(NC(C)C)n3)nc3c(Cl)c(OCCN4CCOCC4)ccc23)CN1C(=O)[C@@H](NC(=O)O[C@H]1CC[C@@H](C)C1)C(C)(C)C)C(=O)O. The van der Waals surface area contributed by atoms with Gasteiger partial charge in [-0.05, 0) is 68.9 Å². The number of rotatable bonds is 16. The van der Waals surface area contributed by atoms with Crippen molar-refractivity contribution in [2.45, 2.75) is 123 Å². The standard InChI is InChI=1S/C45H62ClN7O9S/c1-8-27-22-45(27,41(56)57)51-39(54)33-20-29(23-53(33)40(55)38(44(5,6)7)50-43(58)62-28-10-9-26(4)19-28)61-35-21-31(32-24-63-42(49-32)47-25(2)3)48-37-30(35)11-12-34(36(37)46)60-18-15-52-13-16-59-17-14-52/h11-12,21,24-29,33,38H,8-10,13-20,22-23H2,1-7H3,(H,47,49)(H,50,58)(H,51,54)(H,56,57)/t26-,27-,28+,29-,33?,38-,45-/m1/s1. The molecule has 2 aliphatic heterocycles. The summed E-state index contributed by atoms with van der Waals surface area (Å²) in [6.45, 7) is 17.6. The number of halogens is 1. The van der Waals surface area contributed by atoms with Crippen molar-refractivity contribution in [2.24, 2.45) is 17.3 Å². The molecular formula is C45H62ClN7O9S. The van der Waals surface area contributed by atoms with E-state index in [1.165, 1.54) is 16.2 Å². The Morgan fingerprint density at radius 3 is 2.48 bits per heavy atom. The number of carbonyl (C=O) groups is 4. The first-order valence-electron chi connectivity index (χ1n) is 22.2. The van der Waals surface area contributed by atoms with Crippen LogP contribution in [0.1, 0.15) is 87.0 Å². The van der Waals surface area contributed by atoms with Crippen LogP contribution in [0.2, 0.25) is 5.02 Å². The first-order valence-corrected chi connectivity index (χ1v) is 23.5. The maximum absolute atomic E-state index is 14.8. The van der Waals surface area contributed by atoms with Crippen molar-refractivity contribution < 1.29 is 43.2 Å². The van der Waals surface area contributed by atoms with E-state index in [9.17, 15) is 24.3 Å². The third-order valence-corrected chi connectivity index (χ3v) is 13.7. The number of nitrogens with one attached hydrogen (secondary N) is 3. The third-order valence-electron chi connectivity index (χ3n) is 12.6. The minimum Gasteiger partial charge on any atom is -0.491 e. The molecule has 4 aliphatic rings. The maximum atomic E-state index is 14.8. The van der Waals surface area contributed by atoms with E-state index in [1.54, 1.807) is 12.1 Å². The normalized spacial score (nSPS) is 25.5. The predicted molar refractivity (Wildman–Crippen MR) is 240 cm³/mol. The van der Waals surface area contributed by atoms with E-state index in [0.717, 1.165) is 37.5 Å². The highest BCUT2D eigenvalue weighted by Gasteiger charge is 2.61. The van der Waals surface area contributed by atoms with Crippen LogP contribution in [0.4, 0.5) is 9.93 Å². The van der Waals surface area contributed by atoms with Crippen molar-refractivity contribution in [2.75, 3.05) is 51.3 Å². The Balaban J connectivity index is 1.20. The molecule has 2 saturated heterocycles. The number of morpholine rings is 1. The molecule has 2 saturated carbocycles. The number of hydrogen-bond donors (Lipinski definition) is 4. The fourth-order valence-electron chi connectivity index (χ4n) is 8.89. The minimum absolute atomic E-state index is 0.0353. The van der Waals surface area contributed by atoms with Gasteiger partial charge < -0.3 is 44.9 Å². The molecule has 4 fully saturated rings. The number of aromatic nitrogens is 2. The van der Waals surface area contributed by atoms with Crippen molar-refractivity contribution in [3.63, 3.8) is 0 Å². The Kier molecular flexibility index (Phi) is 14.3. The molecule has 0 radical (unpaired) electrons.